The molecule has 0 radical (unpaired) electrons. The largest absolute Gasteiger partial charge is 0.483 e. The van der Waals surface area contributed by atoms with Crippen LogP contribution in [0.1, 0.15) is 0 Å². The van der Waals surface area contributed by atoms with Crippen molar-refractivity contribution in [3.63, 3.8) is 0 Å². The van der Waals surface area contributed by atoms with Gasteiger partial charge in [0.15, 0.2) is 0 Å². The van der Waals surface area contributed by atoms with Gasteiger partial charge in [0.25, 0.3) is 0 Å². The van der Waals surface area contributed by atoms with Crippen molar-refractivity contribution in [2.45, 2.75) is 6.10 Å². The average Bonchev–Trinajstić information content (AvgIpc) is 2.17. The van der Waals surface area contributed by atoms with Gasteiger partial charge in [0.05, 0.1) is 18.9 Å². The van der Waals surface area contributed by atoms with Crippen molar-refractivity contribution in [3.05, 3.63) is 24.3 Å². The zero-order valence-corrected chi connectivity index (χ0v) is 7.18. The lowest BCUT2D eigenvalue weighted by atomic mass is 10.3. The minimum absolute atomic E-state index is 0.231. The van der Waals surface area contributed by atoms with Gasteiger partial charge in [0, 0.05) is 0 Å². The molecule has 0 aromatic heterocycles. The number of nitrogen functional groups attached to an aromatic ring is 1. The van der Waals surface area contributed by atoms with Crippen LogP contribution < -0.4 is 10.5 Å². The monoisotopic (exact) mass is 183 g/mol. The molecule has 0 saturated carbocycles. The maximum absolute atomic E-state index is 8.75. The van der Waals surface area contributed by atoms with Gasteiger partial charge in [-0.05, 0) is 12.1 Å². The second kappa shape index (κ2) is 4.69. The molecule has 0 amide bonds. The van der Waals surface area contributed by atoms with E-state index in [4.69, 9.17) is 20.7 Å². The van der Waals surface area contributed by atoms with E-state index in [-0.39, 0.29) is 13.2 Å². The van der Waals surface area contributed by atoms with Crippen molar-refractivity contribution in [3.8, 4) is 5.75 Å². The fourth-order valence-corrected chi connectivity index (χ4v) is 0.900. The molecule has 1 aromatic carbocycles. The van der Waals surface area contributed by atoms with Crippen LogP contribution in [0.4, 0.5) is 5.69 Å². The summed E-state index contributed by atoms with van der Waals surface area (Å²) in [7, 11) is 0. The van der Waals surface area contributed by atoms with E-state index in [0.717, 1.165) is 0 Å². The molecule has 0 aliphatic rings. The summed E-state index contributed by atoms with van der Waals surface area (Å²) in [6, 6.07) is 6.95. The van der Waals surface area contributed by atoms with Gasteiger partial charge in [0.1, 0.15) is 11.9 Å². The third-order valence-corrected chi connectivity index (χ3v) is 1.62. The fourth-order valence-electron chi connectivity index (χ4n) is 0.900. The van der Waals surface area contributed by atoms with Crippen LogP contribution in [0.2, 0.25) is 0 Å². The van der Waals surface area contributed by atoms with E-state index in [1.54, 1.807) is 24.3 Å². The molecule has 0 spiro atoms. The van der Waals surface area contributed by atoms with E-state index in [1.807, 2.05) is 0 Å². The summed E-state index contributed by atoms with van der Waals surface area (Å²) in [6.07, 6.45) is -0.607. The Balaban J connectivity index is 2.67. The summed E-state index contributed by atoms with van der Waals surface area (Å²) < 4.78 is 5.22. The highest BCUT2D eigenvalue weighted by Gasteiger charge is 2.08. The molecule has 4 N–H and O–H groups in total. The van der Waals surface area contributed by atoms with E-state index < -0.39 is 6.10 Å². The molecule has 0 bridgehead atoms. The van der Waals surface area contributed by atoms with Gasteiger partial charge in [-0.3, -0.25) is 0 Å². The number of hydrogen-bond donors (Lipinski definition) is 3. The molecule has 1 aromatic rings. The Morgan fingerprint density at radius 3 is 2.38 bits per heavy atom. The van der Waals surface area contributed by atoms with Crippen LogP contribution in [-0.2, 0) is 0 Å². The number of rotatable bonds is 4. The van der Waals surface area contributed by atoms with Gasteiger partial charge in [-0.25, -0.2) is 0 Å². The van der Waals surface area contributed by atoms with Crippen LogP contribution in [0.3, 0.4) is 0 Å². The number of benzene rings is 1. The Hall–Kier alpha value is -1.26. The topological polar surface area (TPSA) is 75.7 Å². The van der Waals surface area contributed by atoms with Crippen molar-refractivity contribution in [1.82, 2.24) is 0 Å². The molecule has 0 aliphatic carbocycles. The number of nitrogens with two attached hydrogens (primary N) is 1. The van der Waals surface area contributed by atoms with Crippen LogP contribution in [0.15, 0.2) is 24.3 Å². The predicted octanol–water partition coefficient (Wildman–Crippen LogP) is 0.000800. The number of aliphatic hydroxyl groups is 2. The lowest BCUT2D eigenvalue weighted by molar-refractivity contribution is 0.0635. The Bertz CT molecular complexity index is 261. The van der Waals surface area contributed by atoms with E-state index in [9.17, 15) is 0 Å². The molecule has 13 heavy (non-hydrogen) atoms. The summed E-state index contributed by atoms with van der Waals surface area (Å²) in [5, 5.41) is 17.5. The van der Waals surface area contributed by atoms with Gasteiger partial charge >= 0.3 is 0 Å². The third kappa shape index (κ3) is 2.61. The second-order valence-corrected chi connectivity index (χ2v) is 2.64. The lowest BCUT2D eigenvalue weighted by Gasteiger charge is -2.15. The van der Waals surface area contributed by atoms with Crippen molar-refractivity contribution in [2.75, 3.05) is 18.9 Å². The molecule has 1 rings (SSSR count). The zero-order chi connectivity index (χ0) is 9.68. The number of anilines is 1. The molecule has 4 heteroatoms. The van der Waals surface area contributed by atoms with Gasteiger partial charge in [-0.15, -0.1) is 0 Å². The fraction of sp³-hybridized carbons (Fsp3) is 0.333. The molecule has 72 valence electrons. The standard InChI is InChI=1S/C9H13NO3/c10-8-3-1-2-4-9(8)13-7(5-11)6-12/h1-4,7,11-12H,5-6,10H2. The summed E-state index contributed by atoms with van der Waals surface area (Å²) in [5.74, 6) is 0.482. The first-order valence-corrected chi connectivity index (χ1v) is 4.00. The van der Waals surface area contributed by atoms with E-state index in [2.05, 4.69) is 0 Å². The van der Waals surface area contributed by atoms with Crippen LogP contribution >= 0.6 is 0 Å². The quantitative estimate of drug-likeness (QED) is 0.574. The highest BCUT2D eigenvalue weighted by molar-refractivity contribution is 5.51. The first-order chi connectivity index (χ1) is 6.27. The highest BCUT2D eigenvalue weighted by Crippen LogP contribution is 2.20. The Morgan fingerprint density at radius 2 is 1.85 bits per heavy atom. The highest BCUT2D eigenvalue weighted by atomic mass is 16.5. The van der Waals surface area contributed by atoms with Crippen molar-refractivity contribution in [2.24, 2.45) is 0 Å². The van der Waals surface area contributed by atoms with Crippen LogP contribution in [0.5, 0.6) is 5.75 Å². The Labute approximate surface area is 76.6 Å². The summed E-state index contributed by atoms with van der Waals surface area (Å²) in [6.45, 7) is -0.463. The van der Waals surface area contributed by atoms with Gasteiger partial charge in [-0.1, -0.05) is 12.1 Å². The van der Waals surface area contributed by atoms with Crippen molar-refractivity contribution < 1.29 is 14.9 Å². The molecule has 0 unspecified atom stereocenters. The SMILES string of the molecule is Nc1ccccc1OC(CO)CO. The minimum atomic E-state index is -0.607. The molecule has 0 atom stereocenters. The molecule has 0 heterocycles. The van der Waals surface area contributed by atoms with Crippen LogP contribution in [0.25, 0.3) is 0 Å². The van der Waals surface area contributed by atoms with Crippen molar-refractivity contribution >= 4 is 5.69 Å². The van der Waals surface area contributed by atoms with E-state index >= 15 is 0 Å². The molecular formula is C9H13NO3. The number of hydrogen-bond acceptors (Lipinski definition) is 4. The van der Waals surface area contributed by atoms with Gasteiger partial charge < -0.3 is 20.7 Å². The number of para-hydroxylation sites is 2. The molecule has 4 nitrogen and oxygen atoms in total. The van der Waals surface area contributed by atoms with E-state index in [1.165, 1.54) is 0 Å². The predicted molar refractivity (Wildman–Crippen MR) is 49.4 cm³/mol. The third-order valence-electron chi connectivity index (χ3n) is 1.62. The molecule has 0 saturated heterocycles. The molecule has 0 aliphatic heterocycles. The first-order valence-electron chi connectivity index (χ1n) is 4.00. The Kier molecular flexibility index (Phi) is 3.54. The first kappa shape index (κ1) is 9.83. The van der Waals surface area contributed by atoms with E-state index in [0.29, 0.717) is 11.4 Å². The smallest absolute Gasteiger partial charge is 0.145 e. The molecule has 0 fully saturated rings. The average molecular weight is 183 g/mol. The number of aliphatic hydroxyl groups excluding tert-OH is 2. The molecular weight excluding hydrogens is 170 g/mol. The minimum Gasteiger partial charge on any atom is -0.483 e. The van der Waals surface area contributed by atoms with Crippen LogP contribution in [0, 0.1) is 0 Å². The summed E-state index contributed by atoms with van der Waals surface area (Å²) in [4.78, 5) is 0. The summed E-state index contributed by atoms with van der Waals surface area (Å²) >= 11 is 0. The normalized spacial score (nSPS) is 10.4. The van der Waals surface area contributed by atoms with Crippen LogP contribution in [-0.4, -0.2) is 29.5 Å². The second-order valence-electron chi connectivity index (χ2n) is 2.64. The zero-order valence-electron chi connectivity index (χ0n) is 7.18. The maximum atomic E-state index is 8.75. The van der Waals surface area contributed by atoms with Gasteiger partial charge in [0.2, 0.25) is 0 Å². The van der Waals surface area contributed by atoms with Gasteiger partial charge in [-0.2, -0.15) is 0 Å². The maximum Gasteiger partial charge on any atom is 0.145 e. The van der Waals surface area contributed by atoms with Crippen molar-refractivity contribution in [1.29, 1.82) is 0 Å². The lowest BCUT2D eigenvalue weighted by Crippen LogP contribution is -2.25. The number of ether oxygens (including phenoxy) is 1. The Morgan fingerprint density at radius 1 is 1.23 bits per heavy atom. The summed E-state index contributed by atoms with van der Waals surface area (Å²) in [5.41, 5.74) is 6.08.